The van der Waals surface area contributed by atoms with Crippen LogP contribution >= 0.6 is 22.7 Å². The molecule has 2 N–H and O–H groups in total. The van der Waals surface area contributed by atoms with Gasteiger partial charge in [0.05, 0.1) is 22.8 Å². The Kier molecular flexibility index (Phi) is 5.20. The number of thiophene rings is 2. The first-order chi connectivity index (χ1) is 20.7. The van der Waals surface area contributed by atoms with Crippen molar-refractivity contribution in [3.8, 4) is 22.3 Å². The van der Waals surface area contributed by atoms with Crippen molar-refractivity contribution in [1.29, 1.82) is 0 Å². The number of hydrogen-bond acceptors (Lipinski definition) is 4. The van der Waals surface area contributed by atoms with E-state index in [0.717, 1.165) is 44.8 Å². The normalized spacial score (nSPS) is 12.6. The maximum Gasteiger partial charge on any atom is 0.0658 e. The highest BCUT2D eigenvalue weighted by molar-refractivity contribution is 7.18. The zero-order chi connectivity index (χ0) is 27.6. The van der Waals surface area contributed by atoms with E-state index in [1.807, 2.05) is 0 Å². The lowest BCUT2D eigenvalue weighted by Crippen LogP contribution is -1.81. The first-order valence-electron chi connectivity index (χ1n) is 13.8. The van der Waals surface area contributed by atoms with Crippen LogP contribution in [0.15, 0.2) is 95.7 Å². The second kappa shape index (κ2) is 9.24. The molecule has 0 saturated carbocycles. The second-order valence-corrected chi connectivity index (χ2v) is 12.4. The summed E-state index contributed by atoms with van der Waals surface area (Å²) in [5.41, 5.74) is 12.6. The van der Waals surface area contributed by atoms with Crippen LogP contribution in [0.3, 0.4) is 0 Å². The van der Waals surface area contributed by atoms with Crippen molar-refractivity contribution >= 4 is 89.2 Å². The number of H-pyrrole nitrogens is 2. The molecule has 2 aromatic carbocycles. The minimum atomic E-state index is 0.913. The number of aromatic nitrogens is 4. The van der Waals surface area contributed by atoms with Gasteiger partial charge in [-0.05, 0) is 83.6 Å². The predicted molar refractivity (Wildman–Crippen MR) is 180 cm³/mol. The fraction of sp³-hybridized carbons (Fsp3) is 0. The number of rotatable bonds is 2. The van der Waals surface area contributed by atoms with E-state index in [9.17, 15) is 0 Å². The molecule has 42 heavy (non-hydrogen) atoms. The van der Waals surface area contributed by atoms with Crippen molar-refractivity contribution in [1.82, 2.24) is 19.9 Å². The molecule has 6 heteroatoms. The number of benzene rings is 2. The van der Waals surface area contributed by atoms with E-state index in [2.05, 4.69) is 130 Å². The summed E-state index contributed by atoms with van der Waals surface area (Å²) in [5, 5.41) is 7.10. The van der Waals surface area contributed by atoms with Crippen LogP contribution in [-0.2, 0) is 0 Å². The molecule has 0 radical (unpaired) electrons. The molecule has 0 saturated heterocycles. The summed E-state index contributed by atoms with van der Waals surface area (Å²) in [6.07, 6.45) is 8.32. The van der Waals surface area contributed by atoms with Crippen molar-refractivity contribution in [2.45, 2.75) is 0 Å². The number of aromatic amines is 2. The lowest BCUT2D eigenvalue weighted by molar-refractivity contribution is 1.31. The largest absolute Gasteiger partial charge is 0.355 e. The molecule has 7 aromatic rings. The SMILES string of the molecule is C1=Cc2cc3[nH]c(cc4nc(cc5ccc(cc1n2)[nH]5)C=C4)c(-c1csc2ccccc12)c3-c1csc2ccccc12. The maximum absolute atomic E-state index is 4.97. The van der Waals surface area contributed by atoms with E-state index in [-0.39, 0.29) is 0 Å². The van der Waals surface area contributed by atoms with Crippen LogP contribution in [0.2, 0.25) is 0 Å². The molecule has 0 fully saturated rings. The van der Waals surface area contributed by atoms with Gasteiger partial charge in [0.15, 0.2) is 0 Å². The molecule has 2 aliphatic heterocycles. The smallest absolute Gasteiger partial charge is 0.0658 e. The molecule has 9 rings (SSSR count). The van der Waals surface area contributed by atoms with Gasteiger partial charge in [-0.25, -0.2) is 9.97 Å². The molecule has 0 atom stereocenters. The second-order valence-electron chi connectivity index (χ2n) is 10.5. The molecule has 198 valence electrons. The summed E-state index contributed by atoms with van der Waals surface area (Å²) in [5.74, 6) is 0. The summed E-state index contributed by atoms with van der Waals surface area (Å²) in [4.78, 5) is 17.2. The quantitative estimate of drug-likeness (QED) is 0.216. The molecule has 2 aliphatic rings. The molecule has 0 spiro atoms. The Labute approximate surface area is 249 Å². The van der Waals surface area contributed by atoms with Crippen molar-refractivity contribution in [3.05, 3.63) is 118 Å². The Morgan fingerprint density at radius 2 is 0.929 bits per heavy atom. The highest BCUT2D eigenvalue weighted by Crippen LogP contribution is 2.47. The Balaban J connectivity index is 1.47. The van der Waals surface area contributed by atoms with Gasteiger partial charge in [-0.2, -0.15) is 0 Å². The molecule has 0 aliphatic carbocycles. The van der Waals surface area contributed by atoms with Gasteiger partial charge in [0.25, 0.3) is 0 Å². The molecule has 8 bridgehead atoms. The number of hydrogen-bond donors (Lipinski definition) is 2. The van der Waals surface area contributed by atoms with E-state index >= 15 is 0 Å². The van der Waals surface area contributed by atoms with Crippen LogP contribution in [-0.4, -0.2) is 19.9 Å². The van der Waals surface area contributed by atoms with Crippen molar-refractivity contribution in [2.75, 3.05) is 0 Å². The fourth-order valence-electron chi connectivity index (χ4n) is 5.98. The minimum absolute atomic E-state index is 0.913. The van der Waals surface area contributed by atoms with Crippen molar-refractivity contribution in [2.24, 2.45) is 0 Å². The molecule has 0 amide bonds. The van der Waals surface area contributed by atoms with Gasteiger partial charge in [-0.1, -0.05) is 36.4 Å². The van der Waals surface area contributed by atoms with Crippen LogP contribution in [0.25, 0.3) is 88.8 Å². The fourth-order valence-corrected chi connectivity index (χ4v) is 7.88. The summed E-state index contributed by atoms with van der Waals surface area (Å²) in [6.45, 7) is 0. The first kappa shape index (κ1) is 23.6. The van der Waals surface area contributed by atoms with E-state index in [1.54, 1.807) is 22.7 Å². The molecular weight excluding hydrogens is 553 g/mol. The third kappa shape index (κ3) is 3.88. The monoisotopic (exact) mass is 574 g/mol. The molecule has 7 heterocycles. The summed E-state index contributed by atoms with van der Waals surface area (Å²) < 4.78 is 2.55. The van der Waals surface area contributed by atoms with E-state index in [4.69, 9.17) is 9.97 Å². The Morgan fingerprint density at radius 1 is 0.476 bits per heavy atom. The third-order valence-electron chi connectivity index (χ3n) is 7.85. The van der Waals surface area contributed by atoms with E-state index in [0.29, 0.717) is 0 Å². The minimum Gasteiger partial charge on any atom is -0.355 e. The van der Waals surface area contributed by atoms with Gasteiger partial charge in [0, 0.05) is 64.5 Å². The number of nitrogens with zero attached hydrogens (tertiary/aromatic N) is 2. The van der Waals surface area contributed by atoms with Crippen LogP contribution in [0.4, 0.5) is 0 Å². The Hall–Kier alpha value is -5.04. The van der Waals surface area contributed by atoms with Crippen LogP contribution < -0.4 is 0 Å². The summed E-state index contributed by atoms with van der Waals surface area (Å²) in [7, 11) is 0. The van der Waals surface area contributed by atoms with E-state index in [1.165, 1.54) is 42.4 Å². The van der Waals surface area contributed by atoms with Gasteiger partial charge in [0.1, 0.15) is 0 Å². The highest BCUT2D eigenvalue weighted by atomic mass is 32.1. The summed E-state index contributed by atoms with van der Waals surface area (Å²) >= 11 is 3.57. The van der Waals surface area contributed by atoms with Crippen LogP contribution in [0.5, 0.6) is 0 Å². The molecule has 5 aromatic heterocycles. The number of fused-ring (bicyclic) bond motifs is 10. The van der Waals surface area contributed by atoms with Crippen molar-refractivity contribution in [3.63, 3.8) is 0 Å². The van der Waals surface area contributed by atoms with Gasteiger partial charge in [-0.15, -0.1) is 22.7 Å². The Morgan fingerprint density at radius 3 is 1.43 bits per heavy atom. The van der Waals surface area contributed by atoms with Crippen LogP contribution in [0.1, 0.15) is 22.8 Å². The van der Waals surface area contributed by atoms with Crippen LogP contribution in [0, 0.1) is 0 Å². The van der Waals surface area contributed by atoms with Crippen molar-refractivity contribution < 1.29 is 0 Å². The average Bonchev–Trinajstić information content (AvgIpc) is 3.84. The van der Waals surface area contributed by atoms with Gasteiger partial charge in [-0.3, -0.25) is 0 Å². The highest BCUT2D eigenvalue weighted by Gasteiger charge is 2.21. The lowest BCUT2D eigenvalue weighted by atomic mass is 9.95. The standard InChI is InChI=1S/C36H22N4S2/c1-3-7-33-27(5-1)29(19-41-33)35-31-17-25-13-11-23(38-25)15-21-9-10-22(37-21)16-24-12-14-26(39-24)18-32(40-31)36(35)30-20-42-34-8-4-2-6-28(30)34/h1-20,37,40H. The topological polar surface area (TPSA) is 57.4 Å². The van der Waals surface area contributed by atoms with E-state index < -0.39 is 0 Å². The molecular formula is C36H22N4S2. The lowest BCUT2D eigenvalue weighted by Gasteiger charge is -2.05. The predicted octanol–water partition coefficient (Wildman–Crippen LogP) is 10.4. The molecule has 4 nitrogen and oxygen atoms in total. The van der Waals surface area contributed by atoms with Gasteiger partial charge >= 0.3 is 0 Å². The molecule has 0 unspecified atom stereocenters. The van der Waals surface area contributed by atoms with Gasteiger partial charge in [0.2, 0.25) is 0 Å². The first-order valence-corrected chi connectivity index (χ1v) is 15.6. The Bertz CT molecular complexity index is 2260. The zero-order valence-electron chi connectivity index (χ0n) is 22.3. The average molecular weight is 575 g/mol. The summed E-state index contributed by atoms with van der Waals surface area (Å²) in [6, 6.07) is 30.0. The van der Waals surface area contributed by atoms with Gasteiger partial charge < -0.3 is 9.97 Å². The number of nitrogens with one attached hydrogen (secondary N) is 2. The third-order valence-corrected chi connectivity index (χ3v) is 9.77. The maximum atomic E-state index is 4.97. The zero-order valence-corrected chi connectivity index (χ0v) is 23.9.